The van der Waals surface area contributed by atoms with E-state index in [1.807, 2.05) is 12.1 Å². The summed E-state index contributed by atoms with van der Waals surface area (Å²) in [5, 5.41) is 4.45. The molecule has 0 radical (unpaired) electrons. The van der Waals surface area contributed by atoms with Crippen molar-refractivity contribution >= 4 is 40.9 Å². The second-order valence-electron chi connectivity index (χ2n) is 5.40. The van der Waals surface area contributed by atoms with Crippen LogP contribution in [0.3, 0.4) is 0 Å². The summed E-state index contributed by atoms with van der Waals surface area (Å²) in [6.07, 6.45) is 3.09. The van der Waals surface area contributed by atoms with Crippen LogP contribution in [-0.2, 0) is 4.79 Å². The van der Waals surface area contributed by atoms with E-state index >= 15 is 0 Å². The Hall–Kier alpha value is -0.420. The van der Waals surface area contributed by atoms with Gasteiger partial charge in [-0.15, -0.1) is 11.8 Å². The third-order valence-electron chi connectivity index (χ3n) is 3.76. The molecule has 0 bridgehead atoms. The van der Waals surface area contributed by atoms with E-state index in [0.29, 0.717) is 21.7 Å². The van der Waals surface area contributed by atoms with Crippen LogP contribution in [-0.4, -0.2) is 23.7 Å². The summed E-state index contributed by atoms with van der Waals surface area (Å²) < 4.78 is 0. The summed E-state index contributed by atoms with van der Waals surface area (Å²) in [4.78, 5) is 13.0. The highest BCUT2D eigenvalue weighted by molar-refractivity contribution is 7.99. The van der Waals surface area contributed by atoms with Gasteiger partial charge in [-0.2, -0.15) is 0 Å². The summed E-state index contributed by atoms with van der Waals surface area (Å²) in [5.74, 6) is 0.702. The lowest BCUT2D eigenvalue weighted by Crippen LogP contribution is -2.59. The largest absolute Gasteiger partial charge is 0.368 e. The van der Waals surface area contributed by atoms with Crippen molar-refractivity contribution in [3.8, 4) is 0 Å². The molecular weight excluding hydrogens is 327 g/mol. The molecule has 0 saturated heterocycles. The lowest BCUT2D eigenvalue weighted by atomic mass is 9.94. The number of carbonyl (C=O) groups excluding carboxylic acids is 1. The molecular formula is C15H20Cl2N2OS. The summed E-state index contributed by atoms with van der Waals surface area (Å²) in [6, 6.07) is 5.51. The maximum Gasteiger partial charge on any atom is 0.238 e. The van der Waals surface area contributed by atoms with Crippen molar-refractivity contribution in [2.24, 2.45) is 11.7 Å². The molecule has 3 nitrogen and oxygen atoms in total. The van der Waals surface area contributed by atoms with E-state index in [1.165, 1.54) is 0 Å². The highest BCUT2D eigenvalue weighted by atomic mass is 35.5. The number of nitrogens with two attached hydrogens (primary N) is 1. The van der Waals surface area contributed by atoms with E-state index in [4.69, 9.17) is 28.9 Å². The molecule has 1 saturated carbocycles. The number of thioether (sulfide) groups is 1. The molecule has 6 heteroatoms. The fourth-order valence-corrected chi connectivity index (χ4v) is 3.96. The monoisotopic (exact) mass is 346 g/mol. The number of benzene rings is 1. The average Bonchev–Trinajstić information content (AvgIpc) is 3.27. The summed E-state index contributed by atoms with van der Waals surface area (Å²) >= 11 is 13.5. The Morgan fingerprint density at radius 2 is 2.14 bits per heavy atom. The number of carbonyl (C=O) groups is 1. The smallest absolute Gasteiger partial charge is 0.238 e. The molecule has 1 fully saturated rings. The van der Waals surface area contributed by atoms with Gasteiger partial charge in [-0.05, 0) is 49.9 Å². The predicted octanol–water partition coefficient (Wildman–Crippen LogP) is 3.72. The number of rotatable bonds is 8. The fourth-order valence-electron chi connectivity index (χ4n) is 2.36. The van der Waals surface area contributed by atoms with Gasteiger partial charge in [0, 0.05) is 10.6 Å². The van der Waals surface area contributed by atoms with Crippen LogP contribution in [0.1, 0.15) is 26.2 Å². The first-order chi connectivity index (χ1) is 9.99. The van der Waals surface area contributed by atoms with Crippen molar-refractivity contribution in [1.29, 1.82) is 0 Å². The minimum absolute atomic E-state index is 0.258. The second-order valence-corrected chi connectivity index (χ2v) is 7.26. The molecule has 3 N–H and O–H groups in total. The molecule has 21 heavy (non-hydrogen) atoms. The topological polar surface area (TPSA) is 55.1 Å². The van der Waals surface area contributed by atoms with Gasteiger partial charge >= 0.3 is 0 Å². The van der Waals surface area contributed by atoms with Gasteiger partial charge in [-0.1, -0.05) is 30.1 Å². The molecule has 1 aliphatic carbocycles. The predicted molar refractivity (Wildman–Crippen MR) is 90.1 cm³/mol. The van der Waals surface area contributed by atoms with E-state index in [0.717, 1.165) is 30.7 Å². The van der Waals surface area contributed by atoms with Crippen LogP contribution >= 0.6 is 35.0 Å². The molecule has 0 aromatic heterocycles. The second kappa shape index (κ2) is 7.23. The van der Waals surface area contributed by atoms with Crippen LogP contribution in [0, 0.1) is 5.92 Å². The highest BCUT2D eigenvalue weighted by Gasteiger charge is 2.49. The molecule has 1 aromatic rings. The van der Waals surface area contributed by atoms with Crippen LogP contribution in [0.4, 0.5) is 0 Å². The minimum Gasteiger partial charge on any atom is -0.368 e. The van der Waals surface area contributed by atoms with Crippen molar-refractivity contribution in [2.75, 3.05) is 12.3 Å². The average molecular weight is 347 g/mol. The zero-order valence-corrected chi connectivity index (χ0v) is 14.3. The van der Waals surface area contributed by atoms with Crippen molar-refractivity contribution < 1.29 is 4.79 Å². The van der Waals surface area contributed by atoms with Crippen LogP contribution in [0.5, 0.6) is 0 Å². The van der Waals surface area contributed by atoms with E-state index in [-0.39, 0.29) is 5.91 Å². The van der Waals surface area contributed by atoms with Gasteiger partial charge in [0.1, 0.15) is 5.54 Å². The Kier molecular flexibility index (Phi) is 5.83. The van der Waals surface area contributed by atoms with Crippen molar-refractivity contribution in [3.63, 3.8) is 0 Å². The normalized spacial score (nSPS) is 17.5. The molecule has 1 aromatic carbocycles. The van der Waals surface area contributed by atoms with Gasteiger partial charge in [-0.3, -0.25) is 4.79 Å². The third-order valence-corrected chi connectivity index (χ3v) is 5.69. The van der Waals surface area contributed by atoms with Crippen LogP contribution in [0.25, 0.3) is 0 Å². The molecule has 0 spiro atoms. The SMILES string of the molecule is CCCNC(CSc1ccc(Cl)c(Cl)c1)(C(N)=O)C1CC1. The fraction of sp³-hybridized carbons (Fsp3) is 0.533. The Morgan fingerprint density at radius 3 is 2.67 bits per heavy atom. The molecule has 1 unspecified atom stereocenters. The number of nitrogens with one attached hydrogen (secondary N) is 1. The highest BCUT2D eigenvalue weighted by Crippen LogP contribution is 2.42. The van der Waals surface area contributed by atoms with Crippen molar-refractivity contribution in [2.45, 2.75) is 36.6 Å². The van der Waals surface area contributed by atoms with Gasteiger partial charge < -0.3 is 11.1 Å². The lowest BCUT2D eigenvalue weighted by Gasteiger charge is -2.32. The molecule has 116 valence electrons. The van der Waals surface area contributed by atoms with Gasteiger partial charge in [-0.25, -0.2) is 0 Å². The summed E-state index contributed by atoms with van der Waals surface area (Å²) in [5.41, 5.74) is 5.09. The Morgan fingerprint density at radius 1 is 1.43 bits per heavy atom. The van der Waals surface area contributed by atoms with Crippen LogP contribution in [0.15, 0.2) is 23.1 Å². The van der Waals surface area contributed by atoms with Gasteiger partial charge in [0.05, 0.1) is 10.0 Å². The van der Waals surface area contributed by atoms with Crippen molar-refractivity contribution in [1.82, 2.24) is 5.32 Å². The lowest BCUT2D eigenvalue weighted by molar-refractivity contribution is -0.124. The minimum atomic E-state index is -0.618. The van der Waals surface area contributed by atoms with Crippen LogP contribution < -0.4 is 11.1 Å². The van der Waals surface area contributed by atoms with Gasteiger partial charge in [0.25, 0.3) is 0 Å². The molecule has 2 rings (SSSR count). The first-order valence-corrected chi connectivity index (χ1v) is 8.86. The Bertz CT molecular complexity index is 522. The number of hydrogen-bond donors (Lipinski definition) is 2. The first-order valence-electron chi connectivity index (χ1n) is 7.12. The standard InChI is InChI=1S/C15H20Cl2N2OS/c1-2-7-19-15(14(18)20,10-3-4-10)9-21-11-5-6-12(16)13(17)8-11/h5-6,8,10,19H,2-4,7,9H2,1H3,(H2,18,20). The molecule has 1 amide bonds. The quantitative estimate of drug-likeness (QED) is 0.705. The molecule has 1 aliphatic rings. The van der Waals surface area contributed by atoms with Crippen LogP contribution in [0.2, 0.25) is 10.0 Å². The number of primary amides is 1. The van der Waals surface area contributed by atoms with Crippen molar-refractivity contribution in [3.05, 3.63) is 28.2 Å². The maximum atomic E-state index is 12.1. The molecule has 0 heterocycles. The van der Waals surface area contributed by atoms with E-state index in [9.17, 15) is 4.79 Å². The van der Waals surface area contributed by atoms with E-state index < -0.39 is 5.54 Å². The third kappa shape index (κ3) is 4.07. The number of hydrogen-bond acceptors (Lipinski definition) is 3. The van der Waals surface area contributed by atoms with E-state index in [2.05, 4.69) is 12.2 Å². The zero-order valence-electron chi connectivity index (χ0n) is 12.0. The molecule has 0 aliphatic heterocycles. The molecule has 1 atom stereocenters. The zero-order chi connectivity index (χ0) is 15.5. The summed E-state index contributed by atoms with van der Waals surface area (Å²) in [6.45, 7) is 2.87. The van der Waals surface area contributed by atoms with E-state index in [1.54, 1.807) is 17.8 Å². The number of halogens is 2. The first kappa shape index (κ1) is 16.9. The summed E-state index contributed by atoms with van der Waals surface area (Å²) in [7, 11) is 0. The Labute approximate surface area is 139 Å². The Balaban J connectivity index is 2.10. The number of amides is 1. The van der Waals surface area contributed by atoms with Gasteiger partial charge in [0.15, 0.2) is 0 Å². The maximum absolute atomic E-state index is 12.1. The van der Waals surface area contributed by atoms with Gasteiger partial charge in [0.2, 0.25) is 5.91 Å².